The Hall–Kier alpha value is -2.22. The minimum Gasteiger partial charge on any atom is -0.353 e. The first-order valence-electron chi connectivity index (χ1n) is 7.09. The minimum atomic E-state index is -0.429. The van der Waals surface area contributed by atoms with Gasteiger partial charge < -0.3 is 9.80 Å². The number of anilines is 2. The van der Waals surface area contributed by atoms with Gasteiger partial charge in [-0.1, -0.05) is 0 Å². The average molecular weight is 319 g/mol. The Morgan fingerprint density at radius 3 is 2.36 bits per heavy atom. The first kappa shape index (κ1) is 14.7. The molecule has 2 aromatic heterocycles. The highest BCUT2D eigenvalue weighted by atomic mass is 32.1. The predicted molar refractivity (Wildman–Crippen MR) is 86.9 cm³/mol. The van der Waals surface area contributed by atoms with Gasteiger partial charge in [0.25, 0.3) is 5.69 Å². The number of piperazine rings is 1. The van der Waals surface area contributed by atoms with E-state index in [0.29, 0.717) is 0 Å². The van der Waals surface area contributed by atoms with Gasteiger partial charge in [0.2, 0.25) is 0 Å². The Morgan fingerprint density at radius 1 is 1.18 bits per heavy atom. The fraction of sp³-hybridized carbons (Fsp3) is 0.429. The molecule has 1 saturated heterocycles. The van der Waals surface area contributed by atoms with Crippen LogP contribution in [0.1, 0.15) is 10.6 Å². The summed E-state index contributed by atoms with van der Waals surface area (Å²) in [6.45, 7) is 7.56. The molecule has 3 rings (SSSR count). The molecule has 2 aromatic rings. The molecule has 0 radical (unpaired) electrons. The van der Waals surface area contributed by atoms with Gasteiger partial charge in [-0.2, -0.15) is 0 Å². The van der Waals surface area contributed by atoms with E-state index in [2.05, 4.69) is 26.7 Å². The molecular weight excluding hydrogens is 302 g/mol. The topological polar surface area (TPSA) is 75.4 Å². The van der Waals surface area contributed by atoms with Crippen LogP contribution in [0.2, 0.25) is 0 Å². The van der Waals surface area contributed by atoms with Crippen LogP contribution in [0.5, 0.6) is 0 Å². The summed E-state index contributed by atoms with van der Waals surface area (Å²) < 4.78 is 0. The summed E-state index contributed by atoms with van der Waals surface area (Å²) in [5, 5.41) is 11.7. The Bertz CT molecular complexity index is 658. The van der Waals surface area contributed by atoms with Gasteiger partial charge in [0.05, 0.1) is 10.6 Å². The SMILES string of the molecule is Cc1nc(N2CCN(c3ccc([N+](=O)[O-])cn3)CC2)sc1C. The van der Waals surface area contributed by atoms with Crippen molar-refractivity contribution >= 4 is 28.0 Å². The van der Waals surface area contributed by atoms with E-state index >= 15 is 0 Å². The highest BCUT2D eigenvalue weighted by Crippen LogP contribution is 2.26. The van der Waals surface area contributed by atoms with Gasteiger partial charge in [0.15, 0.2) is 5.13 Å². The van der Waals surface area contributed by atoms with Gasteiger partial charge in [0, 0.05) is 37.1 Å². The molecular formula is C14H17N5O2S. The molecule has 1 fully saturated rings. The number of pyridine rings is 1. The first-order chi connectivity index (χ1) is 10.5. The van der Waals surface area contributed by atoms with Crippen LogP contribution < -0.4 is 9.80 Å². The Morgan fingerprint density at radius 2 is 1.86 bits per heavy atom. The lowest BCUT2D eigenvalue weighted by Gasteiger charge is -2.35. The van der Waals surface area contributed by atoms with E-state index in [1.165, 1.54) is 17.1 Å². The normalized spacial score (nSPS) is 15.2. The number of hydrogen-bond donors (Lipinski definition) is 0. The molecule has 8 heteroatoms. The standard InChI is InChI=1S/C14H17N5O2S/c1-10-11(2)22-14(16-10)18-7-5-17(6-8-18)13-4-3-12(9-15-13)19(20)21/h3-4,9H,5-8H2,1-2H3. The molecule has 0 spiro atoms. The maximum atomic E-state index is 10.7. The van der Waals surface area contributed by atoms with Gasteiger partial charge in [-0.05, 0) is 19.9 Å². The Labute approximate surface area is 132 Å². The summed E-state index contributed by atoms with van der Waals surface area (Å²) in [5.41, 5.74) is 1.12. The van der Waals surface area contributed by atoms with Crippen LogP contribution in [0, 0.1) is 24.0 Å². The second-order valence-electron chi connectivity index (χ2n) is 5.24. The number of nitrogens with zero attached hydrogens (tertiary/aromatic N) is 5. The Balaban J connectivity index is 1.65. The molecule has 0 saturated carbocycles. The van der Waals surface area contributed by atoms with Crippen molar-refractivity contribution in [1.29, 1.82) is 0 Å². The summed E-state index contributed by atoms with van der Waals surface area (Å²) >= 11 is 1.73. The number of aromatic nitrogens is 2. The van der Waals surface area contributed by atoms with Crippen molar-refractivity contribution < 1.29 is 4.92 Å². The van der Waals surface area contributed by atoms with Crippen LogP contribution in [-0.4, -0.2) is 41.1 Å². The molecule has 3 heterocycles. The number of thiazole rings is 1. The summed E-state index contributed by atoms with van der Waals surface area (Å²) in [4.78, 5) is 24.7. The first-order valence-corrected chi connectivity index (χ1v) is 7.90. The lowest BCUT2D eigenvalue weighted by atomic mass is 10.3. The van der Waals surface area contributed by atoms with Crippen molar-refractivity contribution in [2.45, 2.75) is 13.8 Å². The third kappa shape index (κ3) is 2.87. The summed E-state index contributed by atoms with van der Waals surface area (Å²) in [5.74, 6) is 0.789. The fourth-order valence-electron chi connectivity index (χ4n) is 2.39. The zero-order chi connectivity index (χ0) is 15.7. The maximum absolute atomic E-state index is 10.7. The molecule has 0 atom stereocenters. The smallest absolute Gasteiger partial charge is 0.287 e. The average Bonchev–Trinajstić information content (AvgIpc) is 2.87. The lowest BCUT2D eigenvalue weighted by molar-refractivity contribution is -0.385. The second-order valence-corrected chi connectivity index (χ2v) is 6.43. The molecule has 116 valence electrons. The number of aryl methyl sites for hydroxylation is 2. The quantitative estimate of drug-likeness (QED) is 0.639. The Kier molecular flexibility index (Phi) is 3.93. The van der Waals surface area contributed by atoms with Crippen LogP contribution in [0.3, 0.4) is 0 Å². The van der Waals surface area contributed by atoms with Gasteiger partial charge in [-0.25, -0.2) is 9.97 Å². The van der Waals surface area contributed by atoms with E-state index in [1.54, 1.807) is 17.4 Å². The zero-order valence-corrected chi connectivity index (χ0v) is 13.3. The molecule has 0 amide bonds. The van der Waals surface area contributed by atoms with Crippen molar-refractivity contribution in [2.75, 3.05) is 36.0 Å². The zero-order valence-electron chi connectivity index (χ0n) is 12.5. The summed E-state index contributed by atoms with van der Waals surface area (Å²) in [6, 6.07) is 3.22. The van der Waals surface area contributed by atoms with E-state index in [0.717, 1.165) is 42.8 Å². The van der Waals surface area contributed by atoms with Crippen LogP contribution in [-0.2, 0) is 0 Å². The molecule has 0 aromatic carbocycles. The molecule has 1 aliphatic rings. The summed E-state index contributed by atoms with van der Waals surface area (Å²) in [7, 11) is 0. The molecule has 0 unspecified atom stereocenters. The lowest BCUT2D eigenvalue weighted by Crippen LogP contribution is -2.46. The molecule has 0 N–H and O–H groups in total. The maximum Gasteiger partial charge on any atom is 0.287 e. The van der Waals surface area contributed by atoms with Gasteiger partial charge in [-0.15, -0.1) is 11.3 Å². The van der Waals surface area contributed by atoms with E-state index in [1.807, 2.05) is 6.92 Å². The van der Waals surface area contributed by atoms with Crippen molar-refractivity contribution in [1.82, 2.24) is 9.97 Å². The molecule has 0 aliphatic carbocycles. The van der Waals surface area contributed by atoms with E-state index < -0.39 is 4.92 Å². The van der Waals surface area contributed by atoms with Crippen LogP contribution in [0.25, 0.3) is 0 Å². The number of rotatable bonds is 3. The molecule has 22 heavy (non-hydrogen) atoms. The minimum absolute atomic E-state index is 0.0242. The van der Waals surface area contributed by atoms with Gasteiger partial charge in [-0.3, -0.25) is 10.1 Å². The predicted octanol–water partition coefficient (Wildman–Crippen LogP) is 2.39. The van der Waals surface area contributed by atoms with E-state index in [4.69, 9.17) is 0 Å². The molecule has 1 aliphatic heterocycles. The highest BCUT2D eigenvalue weighted by Gasteiger charge is 2.21. The second kappa shape index (κ2) is 5.88. The van der Waals surface area contributed by atoms with Crippen molar-refractivity contribution in [3.8, 4) is 0 Å². The largest absolute Gasteiger partial charge is 0.353 e. The van der Waals surface area contributed by atoms with Crippen molar-refractivity contribution in [3.63, 3.8) is 0 Å². The van der Waals surface area contributed by atoms with Gasteiger partial charge in [0.1, 0.15) is 12.0 Å². The third-order valence-corrected chi connectivity index (χ3v) is 4.97. The van der Waals surface area contributed by atoms with Crippen LogP contribution in [0.4, 0.5) is 16.6 Å². The molecule has 0 bridgehead atoms. The van der Waals surface area contributed by atoms with Gasteiger partial charge >= 0.3 is 0 Å². The number of hydrogen-bond acceptors (Lipinski definition) is 7. The fourth-order valence-corrected chi connectivity index (χ4v) is 3.35. The summed E-state index contributed by atoms with van der Waals surface area (Å²) in [6.07, 6.45) is 1.31. The third-order valence-electron chi connectivity index (χ3n) is 3.83. The highest BCUT2D eigenvalue weighted by molar-refractivity contribution is 7.15. The molecule has 7 nitrogen and oxygen atoms in total. The van der Waals surface area contributed by atoms with E-state index in [-0.39, 0.29) is 5.69 Å². The van der Waals surface area contributed by atoms with Crippen LogP contribution >= 0.6 is 11.3 Å². The number of nitro groups is 1. The van der Waals surface area contributed by atoms with Crippen LogP contribution in [0.15, 0.2) is 18.3 Å². The van der Waals surface area contributed by atoms with Crippen molar-refractivity contribution in [2.24, 2.45) is 0 Å². The monoisotopic (exact) mass is 319 g/mol. The van der Waals surface area contributed by atoms with Crippen molar-refractivity contribution in [3.05, 3.63) is 39.0 Å². The van der Waals surface area contributed by atoms with E-state index in [9.17, 15) is 10.1 Å².